The van der Waals surface area contributed by atoms with E-state index >= 15 is 0 Å². The molecule has 1 aliphatic rings. The Morgan fingerprint density at radius 3 is 2.67 bits per heavy atom. The van der Waals surface area contributed by atoms with E-state index in [0.717, 1.165) is 12.8 Å². The van der Waals surface area contributed by atoms with Crippen molar-refractivity contribution in [2.75, 3.05) is 12.4 Å². The third-order valence-electron chi connectivity index (χ3n) is 4.08. The Morgan fingerprint density at radius 1 is 1.33 bits per heavy atom. The van der Waals surface area contributed by atoms with Crippen molar-refractivity contribution in [3.05, 3.63) is 23.8 Å². The number of methoxy groups -OCH3 is 1. The highest BCUT2D eigenvalue weighted by atomic mass is 16.5. The quantitative estimate of drug-likeness (QED) is 0.855. The van der Waals surface area contributed by atoms with Gasteiger partial charge in [0.15, 0.2) is 0 Å². The van der Waals surface area contributed by atoms with E-state index in [-0.39, 0.29) is 5.91 Å². The van der Waals surface area contributed by atoms with Crippen molar-refractivity contribution in [1.29, 1.82) is 5.26 Å². The lowest BCUT2D eigenvalue weighted by molar-refractivity contribution is -0.117. The summed E-state index contributed by atoms with van der Waals surface area (Å²) in [6, 6.07) is 7.28. The molecule has 1 aromatic rings. The van der Waals surface area contributed by atoms with E-state index in [0.29, 0.717) is 29.3 Å². The summed E-state index contributed by atoms with van der Waals surface area (Å²) in [4.78, 5) is 12.3. The van der Waals surface area contributed by atoms with Crippen LogP contribution in [0.4, 0.5) is 5.69 Å². The third kappa shape index (κ3) is 4.22. The smallest absolute Gasteiger partial charge is 0.224 e. The lowest BCUT2D eigenvalue weighted by Gasteiger charge is -2.15. The van der Waals surface area contributed by atoms with Crippen LogP contribution in [0.25, 0.3) is 0 Å². The number of nitriles is 1. The minimum Gasteiger partial charge on any atom is -0.495 e. The average Bonchev–Trinajstić information content (AvgIpc) is 2.76. The van der Waals surface area contributed by atoms with Crippen LogP contribution in [0.3, 0.4) is 0 Å². The molecule has 1 N–H and O–H groups in total. The number of ether oxygens (including phenoxy) is 1. The van der Waals surface area contributed by atoms with Gasteiger partial charge in [0.2, 0.25) is 5.91 Å². The highest BCUT2D eigenvalue weighted by Gasteiger charge is 2.18. The third-order valence-corrected chi connectivity index (χ3v) is 4.08. The van der Waals surface area contributed by atoms with E-state index in [1.807, 2.05) is 0 Å². The Labute approximate surface area is 126 Å². The van der Waals surface area contributed by atoms with Crippen molar-refractivity contribution in [2.24, 2.45) is 5.92 Å². The molecule has 0 unspecified atom stereocenters. The second kappa shape index (κ2) is 7.68. The topological polar surface area (TPSA) is 62.1 Å². The van der Waals surface area contributed by atoms with Crippen molar-refractivity contribution in [1.82, 2.24) is 0 Å². The van der Waals surface area contributed by atoms with E-state index in [1.165, 1.54) is 32.8 Å². The number of carbonyl (C=O) groups excluding carboxylic acids is 1. The second-order valence-electron chi connectivity index (χ2n) is 5.60. The molecular weight excluding hydrogens is 264 g/mol. The minimum absolute atomic E-state index is 0.0251. The summed E-state index contributed by atoms with van der Waals surface area (Å²) < 4.78 is 5.23. The van der Waals surface area contributed by atoms with Gasteiger partial charge >= 0.3 is 0 Å². The maximum absolute atomic E-state index is 12.3. The number of nitrogens with one attached hydrogen (secondary N) is 1. The number of anilines is 1. The second-order valence-corrected chi connectivity index (χ2v) is 5.60. The highest BCUT2D eigenvalue weighted by Crippen LogP contribution is 2.30. The number of hydrogen-bond acceptors (Lipinski definition) is 3. The summed E-state index contributed by atoms with van der Waals surface area (Å²) >= 11 is 0. The number of nitrogens with zero attached hydrogens (tertiary/aromatic N) is 1. The normalized spacial score (nSPS) is 15.8. The van der Waals surface area contributed by atoms with E-state index in [1.54, 1.807) is 18.2 Å². The molecule has 112 valence electrons. The number of para-hydroxylation sites is 1. The van der Waals surface area contributed by atoms with Crippen molar-refractivity contribution < 1.29 is 9.53 Å². The number of benzene rings is 1. The molecule has 0 radical (unpaired) electrons. The van der Waals surface area contributed by atoms with E-state index in [2.05, 4.69) is 11.4 Å². The molecule has 1 aromatic carbocycles. The molecule has 1 saturated carbocycles. The SMILES string of the molecule is COc1cccc(C#N)c1NC(=O)CC1CCCCCC1. The molecule has 1 fully saturated rings. The molecule has 0 saturated heterocycles. The first-order valence-corrected chi connectivity index (χ1v) is 7.61. The van der Waals surface area contributed by atoms with Crippen LogP contribution in [-0.2, 0) is 4.79 Å². The van der Waals surface area contributed by atoms with Crippen LogP contribution in [-0.4, -0.2) is 13.0 Å². The average molecular weight is 286 g/mol. The van der Waals surface area contributed by atoms with Gasteiger partial charge in [0.1, 0.15) is 17.5 Å². The summed E-state index contributed by atoms with van der Waals surface area (Å²) in [5, 5.41) is 12.0. The predicted octanol–water partition coefficient (Wildman–Crippen LogP) is 3.87. The van der Waals surface area contributed by atoms with Crippen LogP contribution in [0, 0.1) is 17.2 Å². The molecule has 0 bridgehead atoms. The van der Waals surface area contributed by atoms with Gasteiger partial charge in [-0.25, -0.2) is 0 Å². The molecular formula is C17H22N2O2. The Morgan fingerprint density at radius 2 is 2.05 bits per heavy atom. The van der Waals surface area contributed by atoms with Crippen LogP contribution in [0.1, 0.15) is 50.5 Å². The molecule has 0 aromatic heterocycles. The van der Waals surface area contributed by atoms with Gasteiger partial charge in [-0.15, -0.1) is 0 Å². The molecule has 21 heavy (non-hydrogen) atoms. The molecule has 0 aliphatic heterocycles. The van der Waals surface area contributed by atoms with Crippen molar-refractivity contribution in [2.45, 2.75) is 44.9 Å². The molecule has 0 atom stereocenters. The largest absolute Gasteiger partial charge is 0.495 e. The van der Waals surface area contributed by atoms with Crippen LogP contribution >= 0.6 is 0 Å². The van der Waals surface area contributed by atoms with Crippen LogP contribution in [0.5, 0.6) is 5.75 Å². The van der Waals surface area contributed by atoms with Crippen LogP contribution in [0.15, 0.2) is 18.2 Å². The number of rotatable bonds is 4. The van der Waals surface area contributed by atoms with Gasteiger partial charge in [-0.2, -0.15) is 5.26 Å². The minimum atomic E-state index is -0.0251. The van der Waals surface area contributed by atoms with Gasteiger partial charge in [-0.05, 0) is 30.9 Å². The van der Waals surface area contributed by atoms with Crippen molar-refractivity contribution in [3.8, 4) is 11.8 Å². The Kier molecular flexibility index (Phi) is 5.62. The zero-order valence-electron chi connectivity index (χ0n) is 12.5. The highest BCUT2D eigenvalue weighted by molar-refractivity contribution is 5.94. The Bertz CT molecular complexity index is 526. The van der Waals surface area contributed by atoms with E-state index in [9.17, 15) is 4.79 Å². The molecule has 1 aliphatic carbocycles. The fourth-order valence-corrected chi connectivity index (χ4v) is 2.94. The summed E-state index contributed by atoms with van der Waals surface area (Å²) in [5.41, 5.74) is 0.921. The molecule has 0 spiro atoms. The molecule has 2 rings (SSSR count). The standard InChI is InChI=1S/C17H22N2O2/c1-21-15-10-6-9-14(12-18)17(15)19-16(20)11-13-7-4-2-3-5-8-13/h6,9-10,13H,2-5,7-8,11H2,1H3,(H,19,20). The number of carbonyl (C=O) groups is 1. The van der Waals surface area contributed by atoms with Gasteiger partial charge in [0.05, 0.1) is 12.7 Å². The molecule has 1 amide bonds. The first kappa shape index (κ1) is 15.4. The molecule has 4 heteroatoms. The Hall–Kier alpha value is -2.02. The fourth-order valence-electron chi connectivity index (χ4n) is 2.94. The first-order chi connectivity index (χ1) is 10.2. The van der Waals surface area contributed by atoms with E-state index in [4.69, 9.17) is 10.00 Å². The molecule has 4 nitrogen and oxygen atoms in total. The fraction of sp³-hybridized carbons (Fsp3) is 0.529. The maximum Gasteiger partial charge on any atom is 0.224 e. The maximum atomic E-state index is 12.3. The van der Waals surface area contributed by atoms with Crippen LogP contribution in [0.2, 0.25) is 0 Å². The monoisotopic (exact) mass is 286 g/mol. The lowest BCUT2D eigenvalue weighted by Crippen LogP contribution is -2.17. The van der Waals surface area contributed by atoms with Crippen molar-refractivity contribution >= 4 is 11.6 Å². The summed E-state index contributed by atoms with van der Waals surface area (Å²) in [6.45, 7) is 0. The summed E-state index contributed by atoms with van der Waals surface area (Å²) in [7, 11) is 1.54. The molecule has 0 heterocycles. The lowest BCUT2D eigenvalue weighted by atomic mass is 9.96. The predicted molar refractivity (Wildman–Crippen MR) is 82.1 cm³/mol. The first-order valence-electron chi connectivity index (χ1n) is 7.61. The number of hydrogen-bond donors (Lipinski definition) is 1. The van der Waals surface area contributed by atoms with Gasteiger partial charge in [0, 0.05) is 6.42 Å². The summed E-state index contributed by atoms with van der Waals surface area (Å²) in [6.07, 6.45) is 7.79. The Balaban J connectivity index is 2.03. The summed E-state index contributed by atoms with van der Waals surface area (Å²) in [5.74, 6) is 0.971. The van der Waals surface area contributed by atoms with Gasteiger partial charge in [0.25, 0.3) is 0 Å². The van der Waals surface area contributed by atoms with Crippen LogP contribution < -0.4 is 10.1 Å². The van der Waals surface area contributed by atoms with Gasteiger partial charge in [-0.1, -0.05) is 31.7 Å². The zero-order chi connectivity index (χ0) is 15.1. The number of amides is 1. The van der Waals surface area contributed by atoms with Gasteiger partial charge in [-0.3, -0.25) is 4.79 Å². The van der Waals surface area contributed by atoms with Gasteiger partial charge < -0.3 is 10.1 Å². The van der Waals surface area contributed by atoms with E-state index < -0.39 is 0 Å². The van der Waals surface area contributed by atoms with Crippen molar-refractivity contribution in [3.63, 3.8) is 0 Å². The zero-order valence-corrected chi connectivity index (χ0v) is 12.5.